The number of hydrogen-bond donors (Lipinski definition) is 7. The van der Waals surface area contributed by atoms with Crippen LogP contribution >= 0.6 is 0 Å². The lowest BCUT2D eigenvalue weighted by atomic mass is 9.90. The maximum absolute atomic E-state index is 12.7. The zero-order valence-corrected chi connectivity index (χ0v) is 23.0. The van der Waals surface area contributed by atoms with Gasteiger partial charge in [0.2, 0.25) is 5.91 Å². The molecule has 204 valence electrons. The van der Waals surface area contributed by atoms with E-state index in [1.54, 1.807) is 20.8 Å². The fraction of sp³-hybridized carbons (Fsp3) is 0.640. The molecule has 3 amide bonds. The minimum absolute atomic E-state index is 0.150. The number of anilines is 1. The smallest absolute Gasteiger partial charge is 0.252 e. The van der Waals surface area contributed by atoms with Crippen molar-refractivity contribution in [2.45, 2.75) is 81.4 Å². The Morgan fingerprint density at radius 2 is 1.00 bits per heavy atom. The summed E-state index contributed by atoms with van der Waals surface area (Å²) in [6.07, 6.45) is -2.27. The number of carbonyl (C=O) groups excluding carboxylic acids is 3. The number of nitrogens with one attached hydrogen (secondary N) is 3. The number of hydrogen-bond acceptors (Lipinski definition) is 7. The normalized spacial score (nSPS) is 11.1. The van der Waals surface area contributed by atoms with E-state index in [1.165, 1.54) is 6.92 Å². The van der Waals surface area contributed by atoms with Gasteiger partial charge in [0.25, 0.3) is 11.8 Å². The highest BCUT2D eigenvalue weighted by Crippen LogP contribution is 2.31. The molecule has 0 aliphatic heterocycles. The van der Waals surface area contributed by atoms with Crippen LogP contribution in [-0.4, -0.2) is 76.7 Å². The van der Waals surface area contributed by atoms with Crippen molar-refractivity contribution >= 4 is 23.4 Å². The van der Waals surface area contributed by atoms with Crippen LogP contribution in [0.1, 0.15) is 85.9 Å². The zero-order valence-electron chi connectivity index (χ0n) is 23.0. The Balaban J connectivity index is -0.00000158. The molecule has 2 atom stereocenters. The molecule has 0 spiro atoms. The Labute approximate surface area is 210 Å². The van der Waals surface area contributed by atoms with Crippen LogP contribution in [0.5, 0.6) is 0 Å². The van der Waals surface area contributed by atoms with Gasteiger partial charge in [-0.3, -0.25) is 14.4 Å². The Morgan fingerprint density at radius 3 is 1.26 bits per heavy atom. The highest BCUT2D eigenvalue weighted by Gasteiger charge is 2.26. The highest BCUT2D eigenvalue weighted by molar-refractivity contribution is 6.07. The van der Waals surface area contributed by atoms with Crippen LogP contribution in [0, 0.1) is 20.8 Å². The first-order chi connectivity index (χ1) is 16.5. The molecule has 0 saturated carbocycles. The summed E-state index contributed by atoms with van der Waals surface area (Å²) >= 11 is 0. The van der Waals surface area contributed by atoms with E-state index >= 15 is 0 Å². The number of carbonyl (C=O) groups is 3. The quantitative estimate of drug-likeness (QED) is 0.271. The average molecular weight is 502 g/mol. The van der Waals surface area contributed by atoms with E-state index in [9.17, 15) is 24.6 Å². The number of rotatable bonds is 9. The van der Waals surface area contributed by atoms with Gasteiger partial charge in [-0.15, -0.1) is 0 Å². The van der Waals surface area contributed by atoms with Gasteiger partial charge < -0.3 is 36.4 Å². The predicted molar refractivity (Wildman–Crippen MR) is 140 cm³/mol. The van der Waals surface area contributed by atoms with Gasteiger partial charge in [-0.2, -0.15) is 0 Å². The lowest BCUT2D eigenvalue weighted by Crippen LogP contribution is -2.37. The van der Waals surface area contributed by atoms with E-state index in [4.69, 9.17) is 10.2 Å². The van der Waals surface area contributed by atoms with Crippen molar-refractivity contribution in [3.63, 3.8) is 0 Å². The zero-order chi connectivity index (χ0) is 28.3. The average Bonchev–Trinajstić information content (AvgIpc) is 2.87. The fourth-order valence-corrected chi connectivity index (χ4v) is 2.99. The standard InChI is InChI=1S/C19H29N3O7.3C2H6/c1-9-15(18(28)20-5-13(26)7-23)10(2)17(22-12(4)25)11(3)16(9)19(29)21-6-14(27)8-24;3*1-2/h13-14,23-24,26-27H,5-8H2,1-4H3,(H,20,28)(H,21,29)(H,22,25);3*1-2H3. The van der Waals surface area contributed by atoms with Crippen LogP contribution < -0.4 is 16.0 Å². The predicted octanol–water partition coefficient (Wildman–Crippen LogP) is 1.81. The molecular weight excluding hydrogens is 454 g/mol. The third-order valence-electron chi connectivity index (χ3n) is 4.42. The molecule has 0 bridgehead atoms. The molecule has 7 N–H and O–H groups in total. The maximum atomic E-state index is 12.7. The van der Waals surface area contributed by atoms with E-state index in [0.717, 1.165) is 0 Å². The van der Waals surface area contributed by atoms with Crippen LogP contribution in [0.3, 0.4) is 0 Å². The van der Waals surface area contributed by atoms with Gasteiger partial charge in [0.05, 0.1) is 25.4 Å². The molecule has 10 heteroatoms. The molecule has 1 rings (SSSR count). The van der Waals surface area contributed by atoms with Crippen molar-refractivity contribution in [2.24, 2.45) is 0 Å². The van der Waals surface area contributed by atoms with Gasteiger partial charge in [-0.25, -0.2) is 0 Å². The molecule has 0 aliphatic rings. The molecular formula is C25H47N3O7. The second kappa shape index (κ2) is 20.8. The van der Waals surface area contributed by atoms with Crippen molar-refractivity contribution in [1.82, 2.24) is 10.6 Å². The van der Waals surface area contributed by atoms with E-state index < -0.39 is 37.2 Å². The van der Waals surface area contributed by atoms with Gasteiger partial charge in [-0.05, 0) is 37.5 Å². The number of benzene rings is 1. The molecule has 35 heavy (non-hydrogen) atoms. The third-order valence-corrected chi connectivity index (χ3v) is 4.42. The number of aliphatic hydroxyl groups is 4. The minimum atomic E-state index is -1.14. The van der Waals surface area contributed by atoms with Crippen molar-refractivity contribution in [3.8, 4) is 0 Å². The highest BCUT2D eigenvalue weighted by atomic mass is 16.3. The van der Waals surface area contributed by atoms with Crippen LogP contribution in [0.15, 0.2) is 0 Å². The fourth-order valence-electron chi connectivity index (χ4n) is 2.99. The summed E-state index contributed by atoms with van der Waals surface area (Å²) in [4.78, 5) is 37.1. The second-order valence-corrected chi connectivity index (χ2v) is 6.77. The molecule has 0 saturated heterocycles. The summed E-state index contributed by atoms with van der Waals surface area (Å²) in [5, 5.41) is 44.4. The SMILES string of the molecule is CC.CC.CC.CC(=O)Nc1c(C)c(C(=O)NCC(O)CO)c(C)c(C(=O)NCC(O)CO)c1C. The van der Waals surface area contributed by atoms with Crippen LogP contribution in [0.2, 0.25) is 0 Å². The van der Waals surface area contributed by atoms with E-state index in [-0.39, 0.29) is 30.1 Å². The molecule has 1 aromatic carbocycles. The Bertz CT molecular complexity index is 730. The van der Waals surface area contributed by atoms with Crippen LogP contribution in [0.4, 0.5) is 5.69 Å². The monoisotopic (exact) mass is 501 g/mol. The molecule has 2 unspecified atom stereocenters. The first-order valence-electron chi connectivity index (χ1n) is 12.1. The van der Waals surface area contributed by atoms with Gasteiger partial charge in [0.1, 0.15) is 0 Å². The largest absolute Gasteiger partial charge is 0.394 e. The molecule has 1 aromatic rings. The number of aliphatic hydroxyl groups excluding tert-OH is 4. The Hall–Kier alpha value is -2.53. The maximum Gasteiger partial charge on any atom is 0.252 e. The Morgan fingerprint density at radius 1 is 0.686 bits per heavy atom. The van der Waals surface area contributed by atoms with Gasteiger partial charge in [0, 0.05) is 36.8 Å². The lowest BCUT2D eigenvalue weighted by Gasteiger charge is -2.22. The topological polar surface area (TPSA) is 168 Å². The van der Waals surface area contributed by atoms with E-state index in [1.807, 2.05) is 41.5 Å². The van der Waals surface area contributed by atoms with E-state index in [0.29, 0.717) is 22.4 Å². The van der Waals surface area contributed by atoms with Gasteiger partial charge >= 0.3 is 0 Å². The summed E-state index contributed by atoms with van der Waals surface area (Å²) < 4.78 is 0. The summed E-state index contributed by atoms with van der Waals surface area (Å²) in [7, 11) is 0. The van der Waals surface area contributed by atoms with Crippen LogP contribution in [-0.2, 0) is 4.79 Å². The molecule has 0 fully saturated rings. The lowest BCUT2D eigenvalue weighted by molar-refractivity contribution is -0.114. The van der Waals surface area contributed by atoms with E-state index in [2.05, 4.69) is 16.0 Å². The summed E-state index contributed by atoms with van der Waals surface area (Å²) in [5.74, 6) is -1.55. The molecule has 0 heterocycles. The summed E-state index contributed by atoms with van der Waals surface area (Å²) in [6, 6.07) is 0. The van der Waals surface area contributed by atoms with Gasteiger partial charge in [0.15, 0.2) is 0 Å². The summed E-state index contributed by atoms with van der Waals surface area (Å²) in [6.45, 7) is 16.7. The van der Waals surface area contributed by atoms with Crippen molar-refractivity contribution in [1.29, 1.82) is 0 Å². The second-order valence-electron chi connectivity index (χ2n) is 6.77. The van der Waals surface area contributed by atoms with Crippen molar-refractivity contribution in [3.05, 3.63) is 27.8 Å². The molecule has 0 aliphatic carbocycles. The van der Waals surface area contributed by atoms with Crippen molar-refractivity contribution < 1.29 is 34.8 Å². The summed E-state index contributed by atoms with van der Waals surface area (Å²) in [5.41, 5.74) is 1.84. The van der Waals surface area contributed by atoms with Crippen molar-refractivity contribution in [2.75, 3.05) is 31.6 Å². The molecule has 0 radical (unpaired) electrons. The molecule has 0 aromatic heterocycles. The Kier molecular flexibility index (Phi) is 22.0. The number of amides is 3. The first-order valence-corrected chi connectivity index (χ1v) is 12.1. The minimum Gasteiger partial charge on any atom is -0.394 e. The first kappa shape index (κ1) is 37.0. The third kappa shape index (κ3) is 12.1. The van der Waals surface area contributed by atoms with Gasteiger partial charge in [-0.1, -0.05) is 41.5 Å². The molecule has 10 nitrogen and oxygen atoms in total. The van der Waals surface area contributed by atoms with Crippen LogP contribution in [0.25, 0.3) is 0 Å².